The van der Waals surface area contributed by atoms with Gasteiger partial charge in [-0.3, -0.25) is 0 Å². The molecule has 0 fully saturated rings. The van der Waals surface area contributed by atoms with Gasteiger partial charge in [0.15, 0.2) is 0 Å². The molecule has 0 aliphatic rings. The van der Waals surface area contributed by atoms with Crippen molar-refractivity contribution in [2.45, 2.75) is 0 Å². The highest BCUT2D eigenvalue weighted by atomic mass is 31.2. The average Bonchev–Trinajstić information content (AvgIpc) is 2.72. The number of benzene rings is 2. The van der Waals surface area contributed by atoms with Crippen molar-refractivity contribution in [3.8, 4) is 11.5 Å². The summed E-state index contributed by atoms with van der Waals surface area (Å²) in [4.78, 5) is 17.9. The summed E-state index contributed by atoms with van der Waals surface area (Å²) in [6, 6.07) is 17.8. The Kier molecular flexibility index (Phi) is 12.1. The van der Waals surface area contributed by atoms with Crippen molar-refractivity contribution in [2.24, 2.45) is 5.41 Å². The predicted octanol–water partition coefficient (Wildman–Crippen LogP) is 1.54. The van der Waals surface area contributed by atoms with Crippen LogP contribution in [0, 0.1) is 5.41 Å². The van der Waals surface area contributed by atoms with Gasteiger partial charge < -0.3 is 39.3 Å². The molecule has 2 aromatic carbocycles. The number of para-hydroxylation sites is 2. The molecule has 0 aliphatic heterocycles. The van der Waals surface area contributed by atoms with Gasteiger partial charge in [0.05, 0.1) is 31.8 Å². The van der Waals surface area contributed by atoms with Gasteiger partial charge >= 0.3 is 17.2 Å². The Hall–Kier alpha value is -1.38. The molecule has 0 heterocycles. The molecule has 2 rings (SSSR count). The van der Waals surface area contributed by atoms with E-state index >= 15 is 0 Å². The van der Waals surface area contributed by atoms with E-state index in [1.165, 1.54) is 0 Å². The third-order valence-electron chi connectivity index (χ3n) is 3.33. The van der Waals surface area contributed by atoms with Crippen LogP contribution in [0.2, 0.25) is 0 Å². The van der Waals surface area contributed by atoms with Crippen LogP contribution in [0.3, 0.4) is 0 Å². The second-order valence-electron chi connectivity index (χ2n) is 5.50. The van der Waals surface area contributed by atoms with Crippen molar-refractivity contribution in [3.63, 3.8) is 0 Å². The van der Waals surface area contributed by atoms with E-state index in [0.29, 0.717) is 11.5 Å². The molecule has 0 saturated heterocycles. The molecule has 156 valence electrons. The Morgan fingerprint density at radius 1 is 0.643 bits per heavy atom. The van der Waals surface area contributed by atoms with Crippen LogP contribution in [0.15, 0.2) is 60.7 Å². The molecule has 0 radical (unpaired) electrons. The number of hydrogen-bond acceptors (Lipinski definition) is 9. The second kappa shape index (κ2) is 13.7. The molecule has 28 heavy (non-hydrogen) atoms. The molecular formula is C17H24O9P2. The van der Waals surface area contributed by atoms with Gasteiger partial charge in [-0.05, 0) is 24.3 Å². The monoisotopic (exact) mass is 434 g/mol. The number of hydrogen-bond donors (Lipinski definition) is 6. The zero-order chi connectivity index (χ0) is 20.8. The van der Waals surface area contributed by atoms with Gasteiger partial charge in [-0.25, -0.2) is 4.31 Å². The largest absolute Gasteiger partial charge is 0.470 e. The Labute approximate surface area is 165 Å². The fraction of sp³-hybridized carbons (Fsp3) is 0.294. The summed E-state index contributed by atoms with van der Waals surface area (Å²) in [5.41, 5.74) is -1.11. The molecule has 0 unspecified atom stereocenters. The minimum absolute atomic E-state index is 0.406. The summed E-state index contributed by atoms with van der Waals surface area (Å²) in [5, 5.41) is 34.0. The quantitative estimate of drug-likeness (QED) is 0.306. The Morgan fingerprint density at radius 2 is 1.00 bits per heavy atom. The highest BCUT2D eigenvalue weighted by molar-refractivity contribution is 7.55. The zero-order valence-corrected chi connectivity index (χ0v) is 16.7. The van der Waals surface area contributed by atoms with Gasteiger partial charge in [-0.1, -0.05) is 36.4 Å². The third-order valence-corrected chi connectivity index (χ3v) is 5.16. The van der Waals surface area contributed by atoms with E-state index in [1.54, 1.807) is 48.5 Å². The van der Waals surface area contributed by atoms with E-state index in [9.17, 15) is 0 Å². The molecule has 11 heteroatoms. The van der Waals surface area contributed by atoms with Gasteiger partial charge in [0.1, 0.15) is 11.5 Å². The maximum Gasteiger partial charge on any atom is 0.470 e. The van der Waals surface area contributed by atoms with Crippen LogP contribution in [-0.4, -0.2) is 56.6 Å². The van der Waals surface area contributed by atoms with Crippen molar-refractivity contribution < 1.29 is 43.6 Å². The van der Waals surface area contributed by atoms with E-state index < -0.39 is 49.0 Å². The highest BCUT2D eigenvalue weighted by Gasteiger charge is 2.26. The first-order valence-corrected chi connectivity index (χ1v) is 10.3. The molecule has 6 N–H and O–H groups in total. The smallest absolute Gasteiger partial charge is 0.418 e. The summed E-state index contributed by atoms with van der Waals surface area (Å²) < 4.78 is 15.7. The summed E-state index contributed by atoms with van der Waals surface area (Å²) in [7, 11) is -4.48. The van der Waals surface area contributed by atoms with E-state index in [2.05, 4.69) is 0 Å². The van der Waals surface area contributed by atoms with Crippen LogP contribution in [0.1, 0.15) is 0 Å². The molecule has 0 saturated carbocycles. The van der Waals surface area contributed by atoms with Crippen molar-refractivity contribution in [2.75, 3.05) is 26.4 Å². The molecule has 0 amide bonds. The van der Waals surface area contributed by atoms with Gasteiger partial charge in [0.25, 0.3) is 0 Å². The summed E-state index contributed by atoms with van der Waals surface area (Å²) in [6.07, 6.45) is 0. The third kappa shape index (κ3) is 9.21. The standard InChI is InChI=1S/C12H12O5P2.C5H12O4/c13-18(14)17-19(15-11-7-3-1-4-8-11)16-12-9-5-2-6-10-12;6-1-5(2-7,3-8)4-9/h1-10,13-14H;6-9H,1-4H2. The first kappa shape index (κ1) is 24.7. The molecule has 0 aromatic heterocycles. The Balaban J connectivity index is 0.000000370. The average molecular weight is 434 g/mol. The minimum Gasteiger partial charge on any atom is -0.418 e. The van der Waals surface area contributed by atoms with Crippen LogP contribution in [0.5, 0.6) is 11.5 Å². The summed E-state index contributed by atoms with van der Waals surface area (Å²) in [5.74, 6) is 1.06. The summed E-state index contributed by atoms with van der Waals surface area (Å²) in [6.45, 7) is -1.62. The maximum atomic E-state index is 8.93. The maximum absolute atomic E-state index is 8.93. The van der Waals surface area contributed by atoms with Gasteiger partial charge in [-0.15, -0.1) is 0 Å². The molecule has 9 nitrogen and oxygen atoms in total. The summed E-state index contributed by atoms with van der Waals surface area (Å²) >= 11 is 0. The van der Waals surface area contributed by atoms with Crippen LogP contribution >= 0.6 is 17.2 Å². The SMILES string of the molecule is OCC(CO)(CO)CO.OP(O)OP(Oc1ccccc1)Oc1ccccc1. The predicted molar refractivity (Wildman–Crippen MR) is 104 cm³/mol. The van der Waals surface area contributed by atoms with Crippen molar-refractivity contribution in [1.82, 2.24) is 0 Å². The van der Waals surface area contributed by atoms with Crippen LogP contribution in [0.25, 0.3) is 0 Å². The normalized spacial score (nSPS) is 11.1. The van der Waals surface area contributed by atoms with Gasteiger partial charge in [-0.2, -0.15) is 0 Å². The van der Waals surface area contributed by atoms with E-state index in [4.69, 9.17) is 43.6 Å². The molecule has 0 aliphatic carbocycles. The molecule has 0 bridgehead atoms. The Morgan fingerprint density at radius 3 is 1.25 bits per heavy atom. The highest BCUT2D eigenvalue weighted by Crippen LogP contribution is 2.50. The number of aliphatic hydroxyl groups excluding tert-OH is 4. The first-order chi connectivity index (χ1) is 13.5. The van der Waals surface area contributed by atoms with Crippen molar-refractivity contribution in [1.29, 1.82) is 0 Å². The van der Waals surface area contributed by atoms with E-state index in [0.717, 1.165) is 0 Å². The number of rotatable bonds is 10. The fourth-order valence-electron chi connectivity index (χ4n) is 1.55. The molecule has 0 spiro atoms. The van der Waals surface area contributed by atoms with E-state index in [1.807, 2.05) is 12.1 Å². The Bertz CT molecular complexity index is 568. The number of aliphatic hydroxyl groups is 4. The van der Waals surface area contributed by atoms with Crippen LogP contribution in [-0.2, 0) is 4.31 Å². The lowest BCUT2D eigenvalue weighted by atomic mass is 9.93. The molecular weight excluding hydrogens is 410 g/mol. The molecule has 0 atom stereocenters. The van der Waals surface area contributed by atoms with Crippen LogP contribution in [0.4, 0.5) is 0 Å². The zero-order valence-electron chi connectivity index (χ0n) is 14.9. The van der Waals surface area contributed by atoms with E-state index in [-0.39, 0.29) is 0 Å². The van der Waals surface area contributed by atoms with Crippen molar-refractivity contribution in [3.05, 3.63) is 60.7 Å². The van der Waals surface area contributed by atoms with Gasteiger partial charge in [0, 0.05) is 0 Å². The topological polar surface area (TPSA) is 149 Å². The fourth-order valence-corrected chi connectivity index (χ4v) is 2.92. The van der Waals surface area contributed by atoms with Crippen LogP contribution < -0.4 is 9.05 Å². The lowest BCUT2D eigenvalue weighted by Crippen LogP contribution is -2.37. The lowest BCUT2D eigenvalue weighted by molar-refractivity contribution is -0.0328. The lowest BCUT2D eigenvalue weighted by Gasteiger charge is -2.23. The second-order valence-corrected chi connectivity index (χ2v) is 7.47. The first-order valence-electron chi connectivity index (χ1n) is 8.04. The van der Waals surface area contributed by atoms with Gasteiger partial charge in [0.2, 0.25) is 0 Å². The molecule has 2 aromatic rings. The van der Waals surface area contributed by atoms with Crippen molar-refractivity contribution >= 4 is 17.2 Å². The minimum atomic E-state index is -2.55.